The minimum atomic E-state index is 0.830. The summed E-state index contributed by atoms with van der Waals surface area (Å²) in [6.45, 7) is 4.36. The standard InChI is InChI=1S/C23H29N5/c1-27-15-10-19(11-16-27)7-12-25-17-21-18-28(22-5-3-2-4-6-22)26-23(21)20-8-13-24-14-9-20/h2-6,8-9,13-14,18-19,25H,7,10-12,15-17H2,1H3. The number of hydrogen-bond donors (Lipinski definition) is 1. The third kappa shape index (κ3) is 4.66. The van der Waals surface area contributed by atoms with Gasteiger partial charge in [-0.3, -0.25) is 4.98 Å². The lowest BCUT2D eigenvalue weighted by Gasteiger charge is -2.28. The number of nitrogens with zero attached hydrogens (tertiary/aromatic N) is 4. The minimum Gasteiger partial charge on any atom is -0.313 e. The zero-order chi connectivity index (χ0) is 19.2. The smallest absolute Gasteiger partial charge is 0.0973 e. The van der Waals surface area contributed by atoms with Gasteiger partial charge in [0.15, 0.2) is 0 Å². The molecule has 28 heavy (non-hydrogen) atoms. The molecular formula is C23H29N5. The second-order valence-corrected chi connectivity index (χ2v) is 7.73. The van der Waals surface area contributed by atoms with Gasteiger partial charge in [-0.25, -0.2) is 4.68 Å². The van der Waals surface area contributed by atoms with E-state index in [4.69, 9.17) is 5.10 Å². The first-order valence-corrected chi connectivity index (χ1v) is 10.2. The lowest BCUT2D eigenvalue weighted by molar-refractivity contribution is 0.211. The molecule has 0 radical (unpaired) electrons. The lowest BCUT2D eigenvalue weighted by Crippen LogP contribution is -2.31. The molecule has 1 aliphatic heterocycles. The Hall–Kier alpha value is -2.50. The van der Waals surface area contributed by atoms with E-state index in [0.717, 1.165) is 36.0 Å². The van der Waals surface area contributed by atoms with Gasteiger partial charge in [-0.05, 0) is 76.1 Å². The molecule has 1 aromatic carbocycles. The monoisotopic (exact) mass is 375 g/mol. The molecule has 0 aliphatic carbocycles. The summed E-state index contributed by atoms with van der Waals surface area (Å²) in [5.41, 5.74) is 4.43. The number of likely N-dealkylation sites (tertiary alicyclic amines) is 1. The van der Waals surface area contributed by atoms with Crippen LogP contribution in [0.2, 0.25) is 0 Å². The van der Waals surface area contributed by atoms with Crippen molar-refractivity contribution in [3.05, 3.63) is 66.6 Å². The molecule has 1 N–H and O–H groups in total. The number of nitrogens with one attached hydrogen (secondary N) is 1. The molecule has 0 atom stereocenters. The van der Waals surface area contributed by atoms with E-state index in [9.17, 15) is 0 Å². The summed E-state index contributed by atoms with van der Waals surface area (Å²) < 4.78 is 1.98. The molecule has 0 unspecified atom stereocenters. The molecule has 0 amide bonds. The molecule has 3 heterocycles. The fourth-order valence-corrected chi connectivity index (χ4v) is 3.88. The quantitative estimate of drug-likeness (QED) is 0.639. The Bertz CT molecular complexity index is 851. The molecule has 1 aliphatic rings. The van der Waals surface area contributed by atoms with Gasteiger partial charge >= 0.3 is 0 Å². The van der Waals surface area contributed by atoms with E-state index in [1.807, 2.05) is 47.4 Å². The maximum atomic E-state index is 4.87. The first kappa shape index (κ1) is 18.8. The number of piperidine rings is 1. The summed E-state index contributed by atoms with van der Waals surface area (Å²) in [4.78, 5) is 6.58. The Morgan fingerprint density at radius 2 is 1.79 bits per heavy atom. The molecule has 2 aromatic heterocycles. The van der Waals surface area contributed by atoms with Crippen LogP contribution in [0.15, 0.2) is 61.1 Å². The third-order valence-electron chi connectivity index (χ3n) is 5.65. The molecule has 1 saturated heterocycles. The molecule has 5 heteroatoms. The van der Waals surface area contributed by atoms with Gasteiger partial charge in [-0.15, -0.1) is 0 Å². The van der Waals surface area contributed by atoms with E-state index >= 15 is 0 Å². The largest absolute Gasteiger partial charge is 0.313 e. The van der Waals surface area contributed by atoms with Gasteiger partial charge in [0.05, 0.1) is 11.4 Å². The van der Waals surface area contributed by atoms with Gasteiger partial charge < -0.3 is 10.2 Å². The molecular weight excluding hydrogens is 346 g/mol. The van der Waals surface area contributed by atoms with Crippen LogP contribution in [0.3, 0.4) is 0 Å². The van der Waals surface area contributed by atoms with Crippen molar-refractivity contribution in [3.8, 4) is 16.9 Å². The van der Waals surface area contributed by atoms with Crippen molar-refractivity contribution in [2.75, 3.05) is 26.7 Å². The van der Waals surface area contributed by atoms with E-state index in [2.05, 4.69) is 40.6 Å². The molecule has 5 nitrogen and oxygen atoms in total. The van der Waals surface area contributed by atoms with Gasteiger partial charge in [0.2, 0.25) is 0 Å². The zero-order valence-electron chi connectivity index (χ0n) is 16.6. The summed E-state index contributed by atoms with van der Waals surface area (Å²) in [7, 11) is 2.22. The Morgan fingerprint density at radius 3 is 2.54 bits per heavy atom. The zero-order valence-corrected chi connectivity index (χ0v) is 16.6. The predicted octanol–water partition coefficient (Wildman–Crippen LogP) is 3.76. The van der Waals surface area contributed by atoms with Gasteiger partial charge in [-0.2, -0.15) is 5.10 Å². The molecule has 146 valence electrons. The molecule has 4 rings (SSSR count). The Morgan fingerprint density at radius 1 is 1.04 bits per heavy atom. The molecule has 0 spiro atoms. The maximum absolute atomic E-state index is 4.87. The van der Waals surface area contributed by atoms with Crippen LogP contribution in [0.4, 0.5) is 0 Å². The van der Waals surface area contributed by atoms with Crippen LogP contribution in [0.5, 0.6) is 0 Å². The molecule has 0 saturated carbocycles. The van der Waals surface area contributed by atoms with Gasteiger partial charge in [0.25, 0.3) is 0 Å². The van der Waals surface area contributed by atoms with Crippen molar-refractivity contribution >= 4 is 0 Å². The maximum Gasteiger partial charge on any atom is 0.0973 e. The topological polar surface area (TPSA) is 46.0 Å². The average Bonchev–Trinajstić information content (AvgIpc) is 3.18. The normalized spacial score (nSPS) is 15.8. The van der Waals surface area contributed by atoms with Crippen molar-refractivity contribution in [3.63, 3.8) is 0 Å². The van der Waals surface area contributed by atoms with Crippen molar-refractivity contribution in [1.82, 2.24) is 25.0 Å². The highest BCUT2D eigenvalue weighted by Gasteiger charge is 2.16. The first-order valence-electron chi connectivity index (χ1n) is 10.2. The van der Waals surface area contributed by atoms with Crippen LogP contribution in [-0.4, -0.2) is 46.3 Å². The molecule has 1 fully saturated rings. The van der Waals surface area contributed by atoms with Gasteiger partial charge in [-0.1, -0.05) is 18.2 Å². The number of hydrogen-bond acceptors (Lipinski definition) is 4. The summed E-state index contributed by atoms with van der Waals surface area (Å²) in [6.07, 6.45) is 9.71. The average molecular weight is 376 g/mol. The van der Waals surface area contributed by atoms with Crippen LogP contribution in [-0.2, 0) is 6.54 Å². The van der Waals surface area contributed by atoms with E-state index in [1.165, 1.54) is 37.9 Å². The number of pyridine rings is 1. The number of rotatable bonds is 7. The Labute approximate surface area is 167 Å². The van der Waals surface area contributed by atoms with Crippen LogP contribution in [0, 0.1) is 5.92 Å². The van der Waals surface area contributed by atoms with E-state index in [1.54, 1.807) is 0 Å². The number of benzene rings is 1. The highest BCUT2D eigenvalue weighted by molar-refractivity contribution is 5.62. The third-order valence-corrected chi connectivity index (χ3v) is 5.65. The second-order valence-electron chi connectivity index (χ2n) is 7.73. The SMILES string of the molecule is CN1CCC(CCNCc2cn(-c3ccccc3)nc2-c2ccncc2)CC1. The van der Waals surface area contributed by atoms with Gasteiger partial charge in [0.1, 0.15) is 0 Å². The summed E-state index contributed by atoms with van der Waals surface area (Å²) >= 11 is 0. The minimum absolute atomic E-state index is 0.830. The van der Waals surface area contributed by atoms with Crippen molar-refractivity contribution in [2.24, 2.45) is 5.92 Å². The number of aromatic nitrogens is 3. The summed E-state index contributed by atoms with van der Waals surface area (Å²) in [6, 6.07) is 14.3. The summed E-state index contributed by atoms with van der Waals surface area (Å²) in [5, 5.41) is 8.52. The van der Waals surface area contributed by atoms with E-state index in [-0.39, 0.29) is 0 Å². The Balaban J connectivity index is 1.44. The fraction of sp³-hybridized carbons (Fsp3) is 0.391. The second kappa shape index (κ2) is 9.13. The van der Waals surface area contributed by atoms with Crippen LogP contribution in [0.25, 0.3) is 16.9 Å². The van der Waals surface area contributed by atoms with Crippen molar-refractivity contribution < 1.29 is 0 Å². The number of para-hydroxylation sites is 1. The van der Waals surface area contributed by atoms with Crippen LogP contribution >= 0.6 is 0 Å². The van der Waals surface area contributed by atoms with Crippen molar-refractivity contribution in [1.29, 1.82) is 0 Å². The van der Waals surface area contributed by atoms with E-state index < -0.39 is 0 Å². The highest BCUT2D eigenvalue weighted by atomic mass is 15.3. The predicted molar refractivity (Wildman–Crippen MR) is 113 cm³/mol. The first-order chi connectivity index (χ1) is 13.8. The van der Waals surface area contributed by atoms with Gasteiger partial charge in [0, 0.05) is 36.3 Å². The Kier molecular flexibility index (Phi) is 6.14. The fourth-order valence-electron chi connectivity index (χ4n) is 3.88. The molecule has 0 bridgehead atoms. The van der Waals surface area contributed by atoms with Crippen LogP contribution in [0.1, 0.15) is 24.8 Å². The van der Waals surface area contributed by atoms with E-state index in [0.29, 0.717) is 0 Å². The van der Waals surface area contributed by atoms with Crippen LogP contribution < -0.4 is 5.32 Å². The van der Waals surface area contributed by atoms with Crippen molar-refractivity contribution in [2.45, 2.75) is 25.8 Å². The lowest BCUT2D eigenvalue weighted by atomic mass is 9.94. The summed E-state index contributed by atoms with van der Waals surface area (Å²) in [5.74, 6) is 0.857. The highest BCUT2D eigenvalue weighted by Crippen LogP contribution is 2.23. The molecule has 3 aromatic rings.